The largest absolute Gasteiger partial charge is 0.339 e. The molecule has 1 aromatic rings. The van der Waals surface area contributed by atoms with Crippen LogP contribution in [0, 0.1) is 0 Å². The second-order valence-electron chi connectivity index (χ2n) is 3.74. The van der Waals surface area contributed by atoms with Crippen molar-refractivity contribution in [2.24, 2.45) is 5.73 Å². The van der Waals surface area contributed by atoms with E-state index in [1.807, 2.05) is 11.0 Å². The van der Waals surface area contributed by atoms with Gasteiger partial charge in [-0.1, -0.05) is 0 Å². The maximum atomic E-state index is 11.9. The molecule has 2 rings (SSSR count). The van der Waals surface area contributed by atoms with Crippen LogP contribution in [0.1, 0.15) is 28.9 Å². The van der Waals surface area contributed by atoms with Crippen molar-refractivity contribution in [3.8, 4) is 0 Å². The van der Waals surface area contributed by atoms with Crippen LogP contribution in [0.3, 0.4) is 0 Å². The van der Waals surface area contributed by atoms with E-state index in [9.17, 15) is 4.79 Å². The summed E-state index contributed by atoms with van der Waals surface area (Å²) >= 11 is 0. The monoisotopic (exact) mass is 205 g/mol. The number of carbonyl (C=O) groups excluding carboxylic acids is 1. The number of nitrogens with zero attached hydrogens (tertiary/aromatic N) is 2. The highest BCUT2D eigenvalue weighted by Crippen LogP contribution is 2.12. The second-order valence-corrected chi connectivity index (χ2v) is 3.74. The number of carbonyl (C=O) groups is 1. The number of hydrogen-bond donors (Lipinski definition) is 1. The molecule has 15 heavy (non-hydrogen) atoms. The molecule has 0 spiro atoms. The minimum atomic E-state index is 0.0866. The van der Waals surface area contributed by atoms with Crippen LogP contribution in [-0.4, -0.2) is 28.9 Å². The topological polar surface area (TPSA) is 59.2 Å². The average Bonchev–Trinajstić information content (AvgIpc) is 2.82. The van der Waals surface area contributed by atoms with Gasteiger partial charge in [-0.3, -0.25) is 9.78 Å². The summed E-state index contributed by atoms with van der Waals surface area (Å²) in [6.07, 6.45) is 3.84. The molecule has 1 aliphatic heterocycles. The Bertz CT molecular complexity index is 341. The van der Waals surface area contributed by atoms with Gasteiger partial charge in [0.15, 0.2) is 0 Å². The molecule has 1 saturated heterocycles. The molecule has 0 saturated carbocycles. The molecule has 0 atom stereocenters. The van der Waals surface area contributed by atoms with Gasteiger partial charge in [0.25, 0.3) is 5.91 Å². The lowest BCUT2D eigenvalue weighted by Gasteiger charge is -2.14. The van der Waals surface area contributed by atoms with Crippen LogP contribution in [0.2, 0.25) is 0 Å². The fraction of sp³-hybridized carbons (Fsp3) is 0.455. The van der Waals surface area contributed by atoms with Gasteiger partial charge in [0, 0.05) is 25.8 Å². The van der Waals surface area contributed by atoms with E-state index in [4.69, 9.17) is 5.73 Å². The predicted molar refractivity (Wildman–Crippen MR) is 57.3 cm³/mol. The van der Waals surface area contributed by atoms with Gasteiger partial charge in [0.05, 0.1) is 11.3 Å². The summed E-state index contributed by atoms with van der Waals surface area (Å²) in [5.41, 5.74) is 6.91. The standard InChI is InChI=1S/C11H15N3O/c12-7-10-4-3-9(8-13-10)11(15)14-5-1-2-6-14/h3-4,8H,1-2,5-7,12H2. The second kappa shape index (κ2) is 4.40. The summed E-state index contributed by atoms with van der Waals surface area (Å²) in [6, 6.07) is 3.61. The molecule has 4 heteroatoms. The molecule has 1 aromatic heterocycles. The van der Waals surface area contributed by atoms with Gasteiger partial charge in [-0.15, -0.1) is 0 Å². The fourth-order valence-electron chi connectivity index (χ4n) is 1.77. The van der Waals surface area contributed by atoms with Crippen LogP contribution in [0.25, 0.3) is 0 Å². The molecule has 4 nitrogen and oxygen atoms in total. The molecule has 2 heterocycles. The molecular weight excluding hydrogens is 190 g/mol. The van der Waals surface area contributed by atoms with Crippen LogP contribution >= 0.6 is 0 Å². The third-order valence-electron chi connectivity index (χ3n) is 2.67. The van der Waals surface area contributed by atoms with E-state index >= 15 is 0 Å². The molecule has 0 unspecified atom stereocenters. The maximum Gasteiger partial charge on any atom is 0.255 e. The lowest BCUT2D eigenvalue weighted by Crippen LogP contribution is -2.27. The van der Waals surface area contributed by atoms with Crippen LogP contribution in [0.15, 0.2) is 18.3 Å². The van der Waals surface area contributed by atoms with E-state index in [2.05, 4.69) is 4.98 Å². The van der Waals surface area contributed by atoms with Gasteiger partial charge < -0.3 is 10.6 Å². The average molecular weight is 205 g/mol. The van der Waals surface area contributed by atoms with Crippen molar-refractivity contribution in [1.82, 2.24) is 9.88 Å². The SMILES string of the molecule is NCc1ccc(C(=O)N2CCCC2)cn1. The first-order valence-corrected chi connectivity index (χ1v) is 5.25. The Labute approximate surface area is 89.1 Å². The number of nitrogens with two attached hydrogens (primary N) is 1. The summed E-state index contributed by atoms with van der Waals surface area (Å²) in [5, 5.41) is 0. The van der Waals surface area contributed by atoms with Crippen LogP contribution in [-0.2, 0) is 6.54 Å². The molecule has 0 aliphatic carbocycles. The van der Waals surface area contributed by atoms with Crippen LogP contribution < -0.4 is 5.73 Å². The molecule has 0 bridgehead atoms. The van der Waals surface area contributed by atoms with Gasteiger partial charge >= 0.3 is 0 Å². The molecule has 1 fully saturated rings. The molecule has 0 radical (unpaired) electrons. The Morgan fingerprint density at radius 1 is 1.40 bits per heavy atom. The molecule has 80 valence electrons. The zero-order valence-electron chi connectivity index (χ0n) is 8.65. The zero-order chi connectivity index (χ0) is 10.7. The number of pyridine rings is 1. The van der Waals surface area contributed by atoms with Crippen LogP contribution in [0.4, 0.5) is 0 Å². The zero-order valence-corrected chi connectivity index (χ0v) is 8.65. The highest BCUT2D eigenvalue weighted by atomic mass is 16.2. The van der Waals surface area contributed by atoms with Crippen molar-refractivity contribution < 1.29 is 4.79 Å². The molecule has 0 aromatic carbocycles. The van der Waals surface area contributed by atoms with Crippen molar-refractivity contribution in [3.05, 3.63) is 29.6 Å². The number of hydrogen-bond acceptors (Lipinski definition) is 3. The number of likely N-dealkylation sites (tertiary alicyclic amines) is 1. The van der Waals surface area contributed by atoms with Crippen molar-refractivity contribution in [1.29, 1.82) is 0 Å². The smallest absolute Gasteiger partial charge is 0.255 e. The first-order chi connectivity index (χ1) is 7.31. The summed E-state index contributed by atoms with van der Waals surface area (Å²) in [6.45, 7) is 2.16. The molecule has 2 N–H and O–H groups in total. The minimum Gasteiger partial charge on any atom is -0.339 e. The van der Waals surface area contributed by atoms with Gasteiger partial charge in [0.1, 0.15) is 0 Å². The van der Waals surface area contributed by atoms with E-state index in [1.54, 1.807) is 12.3 Å². The van der Waals surface area contributed by atoms with Gasteiger partial charge in [-0.2, -0.15) is 0 Å². The van der Waals surface area contributed by atoms with Crippen molar-refractivity contribution in [2.75, 3.05) is 13.1 Å². The Morgan fingerprint density at radius 3 is 2.67 bits per heavy atom. The molecule has 1 amide bonds. The van der Waals surface area contributed by atoms with Crippen molar-refractivity contribution in [2.45, 2.75) is 19.4 Å². The van der Waals surface area contributed by atoms with Crippen LogP contribution in [0.5, 0.6) is 0 Å². The minimum absolute atomic E-state index is 0.0866. The van der Waals surface area contributed by atoms with E-state index in [0.29, 0.717) is 12.1 Å². The quantitative estimate of drug-likeness (QED) is 0.776. The van der Waals surface area contributed by atoms with E-state index < -0.39 is 0 Å². The summed E-state index contributed by atoms with van der Waals surface area (Å²) < 4.78 is 0. The lowest BCUT2D eigenvalue weighted by atomic mass is 10.2. The third-order valence-corrected chi connectivity index (χ3v) is 2.67. The Kier molecular flexibility index (Phi) is 2.97. The van der Waals surface area contributed by atoms with E-state index in [-0.39, 0.29) is 5.91 Å². The Hall–Kier alpha value is -1.42. The summed E-state index contributed by atoms with van der Waals surface area (Å²) in [7, 11) is 0. The summed E-state index contributed by atoms with van der Waals surface area (Å²) in [4.78, 5) is 17.9. The predicted octanol–water partition coefficient (Wildman–Crippen LogP) is 0.776. The first-order valence-electron chi connectivity index (χ1n) is 5.25. The normalized spacial score (nSPS) is 15.7. The fourth-order valence-corrected chi connectivity index (χ4v) is 1.77. The highest BCUT2D eigenvalue weighted by molar-refractivity contribution is 5.94. The number of amides is 1. The van der Waals surface area contributed by atoms with E-state index in [1.165, 1.54) is 0 Å². The molecule has 1 aliphatic rings. The van der Waals surface area contributed by atoms with Gasteiger partial charge in [-0.25, -0.2) is 0 Å². The highest BCUT2D eigenvalue weighted by Gasteiger charge is 2.19. The Balaban J connectivity index is 2.11. The first kappa shape index (κ1) is 10.1. The van der Waals surface area contributed by atoms with Crippen molar-refractivity contribution >= 4 is 5.91 Å². The molecular formula is C11H15N3O. The lowest BCUT2D eigenvalue weighted by molar-refractivity contribution is 0.0792. The summed E-state index contributed by atoms with van der Waals surface area (Å²) in [5.74, 6) is 0.0866. The third kappa shape index (κ3) is 2.15. The number of rotatable bonds is 2. The van der Waals surface area contributed by atoms with E-state index in [0.717, 1.165) is 31.6 Å². The van der Waals surface area contributed by atoms with Gasteiger partial charge in [-0.05, 0) is 25.0 Å². The Morgan fingerprint density at radius 2 is 2.13 bits per heavy atom. The number of aromatic nitrogens is 1. The van der Waals surface area contributed by atoms with Gasteiger partial charge in [0.2, 0.25) is 0 Å². The van der Waals surface area contributed by atoms with Crippen molar-refractivity contribution in [3.63, 3.8) is 0 Å². The maximum absolute atomic E-state index is 11.9.